The smallest absolute Gasteiger partial charge is 0.261 e. The van der Waals surface area contributed by atoms with Crippen LogP contribution in [-0.2, 0) is 11.2 Å². The molecule has 0 saturated carbocycles. The van der Waals surface area contributed by atoms with Crippen LogP contribution in [0.3, 0.4) is 0 Å². The van der Waals surface area contributed by atoms with Crippen molar-refractivity contribution in [2.75, 3.05) is 26.1 Å². The van der Waals surface area contributed by atoms with Crippen LogP contribution in [0.25, 0.3) is 6.08 Å². The fourth-order valence-electron chi connectivity index (χ4n) is 3.28. The number of rotatable bonds is 9. The van der Waals surface area contributed by atoms with E-state index in [4.69, 9.17) is 21.1 Å². The second kappa shape index (κ2) is 12.3. The maximum atomic E-state index is 12.5. The Kier molecular flexibility index (Phi) is 8.88. The first-order chi connectivity index (χ1) is 16.9. The number of halogens is 1. The topological polar surface area (TPSA) is 100 Å². The lowest BCUT2D eigenvalue weighted by Crippen LogP contribution is -2.26. The Morgan fingerprint density at radius 1 is 1.00 bits per heavy atom. The Morgan fingerprint density at radius 3 is 2.43 bits per heavy atom. The van der Waals surface area contributed by atoms with Gasteiger partial charge in [0.2, 0.25) is 0 Å². The minimum Gasteiger partial charge on any atom is -0.493 e. The highest BCUT2D eigenvalue weighted by atomic mass is 35.5. The highest BCUT2D eigenvalue weighted by Gasteiger charge is 2.11. The fraction of sp³-hybridized carbons (Fsp3) is 0.148. The molecular weight excluding hydrogens is 466 g/mol. The van der Waals surface area contributed by atoms with Crippen LogP contribution < -0.4 is 20.1 Å². The summed E-state index contributed by atoms with van der Waals surface area (Å²) in [5.41, 5.74) is 2.50. The van der Waals surface area contributed by atoms with Gasteiger partial charge in [0, 0.05) is 22.8 Å². The van der Waals surface area contributed by atoms with E-state index in [1.54, 1.807) is 68.8 Å². The van der Waals surface area contributed by atoms with E-state index in [0.29, 0.717) is 46.3 Å². The molecule has 0 fully saturated rings. The SMILES string of the molecule is COc1ccc(CCNC(=O)/C(C#N)=C/c2cccc(NC(=O)c3ccc(Cl)cc3)c2)cc1OC. The fourth-order valence-corrected chi connectivity index (χ4v) is 3.40. The van der Waals surface area contributed by atoms with Gasteiger partial charge in [-0.25, -0.2) is 0 Å². The molecule has 0 unspecified atom stereocenters. The summed E-state index contributed by atoms with van der Waals surface area (Å²) >= 11 is 5.86. The molecule has 2 amide bonds. The van der Waals surface area contributed by atoms with Gasteiger partial charge in [-0.15, -0.1) is 0 Å². The third-order valence-corrected chi connectivity index (χ3v) is 5.33. The van der Waals surface area contributed by atoms with E-state index in [-0.39, 0.29) is 11.5 Å². The van der Waals surface area contributed by atoms with Crippen LogP contribution in [0, 0.1) is 11.3 Å². The molecule has 0 atom stereocenters. The van der Waals surface area contributed by atoms with Gasteiger partial charge in [0.1, 0.15) is 11.6 Å². The average Bonchev–Trinajstić information content (AvgIpc) is 2.87. The van der Waals surface area contributed by atoms with Crippen LogP contribution in [0.4, 0.5) is 5.69 Å². The van der Waals surface area contributed by atoms with Gasteiger partial charge in [0.25, 0.3) is 11.8 Å². The number of amides is 2. The molecule has 3 aromatic rings. The second-order valence-corrected chi connectivity index (χ2v) is 7.89. The van der Waals surface area contributed by atoms with Crippen molar-refractivity contribution in [2.24, 2.45) is 0 Å². The maximum Gasteiger partial charge on any atom is 0.261 e. The molecule has 3 rings (SSSR count). The molecule has 0 heterocycles. The van der Waals surface area contributed by atoms with Gasteiger partial charge in [-0.05, 0) is 72.2 Å². The molecule has 0 aliphatic carbocycles. The van der Waals surface area contributed by atoms with Crippen LogP contribution in [-0.4, -0.2) is 32.6 Å². The number of ether oxygens (including phenoxy) is 2. The number of methoxy groups -OCH3 is 2. The molecular formula is C27H24ClN3O4. The zero-order valence-corrected chi connectivity index (χ0v) is 20.1. The largest absolute Gasteiger partial charge is 0.493 e. The van der Waals surface area contributed by atoms with Crippen LogP contribution in [0.1, 0.15) is 21.5 Å². The van der Waals surface area contributed by atoms with Gasteiger partial charge in [-0.2, -0.15) is 5.26 Å². The van der Waals surface area contributed by atoms with Crippen molar-refractivity contribution in [3.8, 4) is 17.6 Å². The van der Waals surface area contributed by atoms with Gasteiger partial charge in [-0.1, -0.05) is 29.8 Å². The second-order valence-electron chi connectivity index (χ2n) is 7.45. The molecule has 0 aromatic heterocycles. The highest BCUT2D eigenvalue weighted by Crippen LogP contribution is 2.27. The summed E-state index contributed by atoms with van der Waals surface area (Å²) in [7, 11) is 3.13. The van der Waals surface area contributed by atoms with Gasteiger partial charge in [0.15, 0.2) is 11.5 Å². The summed E-state index contributed by atoms with van der Waals surface area (Å²) in [6.45, 7) is 0.338. The number of carbonyl (C=O) groups excluding carboxylic acids is 2. The molecule has 0 spiro atoms. The monoisotopic (exact) mass is 489 g/mol. The third-order valence-electron chi connectivity index (χ3n) is 5.07. The Morgan fingerprint density at radius 2 is 1.74 bits per heavy atom. The third kappa shape index (κ3) is 7.10. The molecule has 35 heavy (non-hydrogen) atoms. The molecule has 3 aromatic carbocycles. The quantitative estimate of drug-likeness (QED) is 0.330. The number of hydrogen-bond acceptors (Lipinski definition) is 5. The number of nitrogens with one attached hydrogen (secondary N) is 2. The lowest BCUT2D eigenvalue weighted by Gasteiger charge is -2.10. The van der Waals surface area contributed by atoms with Crippen molar-refractivity contribution in [2.45, 2.75) is 6.42 Å². The zero-order valence-electron chi connectivity index (χ0n) is 19.3. The summed E-state index contributed by atoms with van der Waals surface area (Å²) in [6, 6.07) is 20.9. The van der Waals surface area contributed by atoms with Crippen LogP contribution in [0.15, 0.2) is 72.3 Å². The van der Waals surface area contributed by atoms with E-state index >= 15 is 0 Å². The van der Waals surface area contributed by atoms with E-state index in [9.17, 15) is 14.9 Å². The number of nitriles is 1. The van der Waals surface area contributed by atoms with Gasteiger partial charge in [-0.3, -0.25) is 9.59 Å². The number of carbonyl (C=O) groups is 2. The summed E-state index contributed by atoms with van der Waals surface area (Å²) in [5.74, 6) is 0.457. The predicted octanol–water partition coefficient (Wildman–Crippen LogP) is 4.88. The van der Waals surface area contributed by atoms with Crippen LogP contribution in [0.2, 0.25) is 5.02 Å². The van der Waals surface area contributed by atoms with Crippen molar-refractivity contribution < 1.29 is 19.1 Å². The normalized spacial score (nSPS) is 10.7. The average molecular weight is 490 g/mol. The number of hydrogen-bond donors (Lipinski definition) is 2. The number of anilines is 1. The summed E-state index contributed by atoms with van der Waals surface area (Å²) in [5, 5.41) is 15.6. The molecule has 0 radical (unpaired) electrons. The number of benzene rings is 3. The first kappa shape index (κ1) is 25.3. The Balaban J connectivity index is 1.62. The Bertz CT molecular complexity index is 1280. The zero-order chi connectivity index (χ0) is 25.2. The first-order valence-electron chi connectivity index (χ1n) is 10.7. The molecule has 0 aliphatic rings. The molecule has 2 N–H and O–H groups in total. The van der Waals surface area contributed by atoms with Crippen LogP contribution in [0.5, 0.6) is 11.5 Å². The van der Waals surface area contributed by atoms with Crippen molar-refractivity contribution in [3.05, 3.63) is 94.0 Å². The van der Waals surface area contributed by atoms with Crippen LogP contribution >= 0.6 is 11.6 Å². The lowest BCUT2D eigenvalue weighted by atomic mass is 10.1. The van der Waals surface area contributed by atoms with E-state index < -0.39 is 5.91 Å². The first-order valence-corrected chi connectivity index (χ1v) is 11.1. The Labute approximate surface area is 208 Å². The predicted molar refractivity (Wildman–Crippen MR) is 136 cm³/mol. The van der Waals surface area contributed by atoms with Crippen molar-refractivity contribution in [1.82, 2.24) is 5.32 Å². The minimum atomic E-state index is -0.483. The molecule has 178 valence electrons. The molecule has 0 saturated heterocycles. The van der Waals surface area contributed by atoms with Crippen molar-refractivity contribution in [1.29, 1.82) is 5.26 Å². The molecule has 7 nitrogen and oxygen atoms in total. The maximum absolute atomic E-state index is 12.5. The van der Waals surface area contributed by atoms with Crippen molar-refractivity contribution >= 4 is 35.2 Å². The van der Waals surface area contributed by atoms with E-state index in [1.165, 1.54) is 6.08 Å². The summed E-state index contributed by atoms with van der Waals surface area (Å²) < 4.78 is 10.5. The Hall–Kier alpha value is -4.28. The van der Waals surface area contributed by atoms with E-state index in [0.717, 1.165) is 5.56 Å². The molecule has 8 heteroatoms. The molecule has 0 aliphatic heterocycles. The van der Waals surface area contributed by atoms with Crippen molar-refractivity contribution in [3.63, 3.8) is 0 Å². The standard InChI is InChI=1S/C27H24ClN3O4/c1-34-24-11-6-18(16-25(24)35-2)12-13-30-26(32)21(17-29)14-19-4-3-5-23(15-19)31-27(33)20-7-9-22(28)10-8-20/h3-11,14-16H,12-13H2,1-2H3,(H,30,32)(H,31,33)/b21-14+. The van der Waals surface area contributed by atoms with Gasteiger partial charge in [0.05, 0.1) is 14.2 Å². The minimum absolute atomic E-state index is 0.0431. The number of nitrogens with zero attached hydrogens (tertiary/aromatic N) is 1. The summed E-state index contributed by atoms with van der Waals surface area (Å²) in [4.78, 5) is 25.0. The summed E-state index contributed by atoms with van der Waals surface area (Å²) in [6.07, 6.45) is 2.03. The van der Waals surface area contributed by atoms with E-state index in [1.807, 2.05) is 18.2 Å². The van der Waals surface area contributed by atoms with Gasteiger partial charge >= 0.3 is 0 Å². The highest BCUT2D eigenvalue weighted by molar-refractivity contribution is 6.30. The molecule has 0 bridgehead atoms. The lowest BCUT2D eigenvalue weighted by molar-refractivity contribution is -0.117. The van der Waals surface area contributed by atoms with Gasteiger partial charge < -0.3 is 20.1 Å². The van der Waals surface area contributed by atoms with E-state index in [2.05, 4.69) is 10.6 Å².